The van der Waals surface area contributed by atoms with Crippen molar-refractivity contribution in [1.82, 2.24) is 31.5 Å². The Morgan fingerprint density at radius 2 is 1.54 bits per heavy atom. The predicted molar refractivity (Wildman–Crippen MR) is 206 cm³/mol. The van der Waals surface area contributed by atoms with Crippen molar-refractivity contribution >= 4 is 35.4 Å². The Bertz CT molecular complexity index is 1490. The molecule has 4 bridgehead atoms. The van der Waals surface area contributed by atoms with Crippen LogP contribution >= 0.6 is 0 Å². The van der Waals surface area contributed by atoms with E-state index in [9.17, 15) is 28.8 Å². The molecule has 5 atom stereocenters. The van der Waals surface area contributed by atoms with Crippen LogP contribution in [-0.2, 0) is 24.0 Å². The van der Waals surface area contributed by atoms with Crippen molar-refractivity contribution in [2.24, 2.45) is 40.9 Å². The zero-order chi connectivity index (χ0) is 39.0. The van der Waals surface area contributed by atoms with Crippen LogP contribution in [0.1, 0.15) is 118 Å². The normalized spacial score (nSPS) is 31.9. The van der Waals surface area contributed by atoms with E-state index in [4.69, 9.17) is 0 Å². The molecule has 0 aromatic heterocycles. The molecule has 1 aliphatic heterocycles. The minimum absolute atomic E-state index is 0.0267. The van der Waals surface area contributed by atoms with Gasteiger partial charge in [-0.25, -0.2) is 4.79 Å². The summed E-state index contributed by atoms with van der Waals surface area (Å²) in [4.78, 5) is 83.1. The summed E-state index contributed by atoms with van der Waals surface area (Å²) in [6, 6.07) is -2.99. The highest BCUT2D eigenvalue weighted by atomic mass is 16.2. The van der Waals surface area contributed by atoms with Gasteiger partial charge < -0.3 is 31.5 Å². The molecule has 0 aromatic carbocycles. The van der Waals surface area contributed by atoms with Crippen LogP contribution in [-0.4, -0.2) is 82.6 Å². The van der Waals surface area contributed by atoms with E-state index in [0.29, 0.717) is 30.7 Å². The molecule has 12 heteroatoms. The topological polar surface area (TPSA) is 166 Å². The Labute approximate surface area is 321 Å². The van der Waals surface area contributed by atoms with Crippen molar-refractivity contribution < 1.29 is 28.8 Å². The van der Waals surface area contributed by atoms with Gasteiger partial charge in [0.2, 0.25) is 23.5 Å². The summed E-state index contributed by atoms with van der Waals surface area (Å²) < 4.78 is 0. The second kappa shape index (κ2) is 15.8. The summed E-state index contributed by atoms with van der Waals surface area (Å²) in [6.07, 6.45) is 16.5. The molecule has 0 radical (unpaired) electrons. The number of hydrogen-bond acceptors (Lipinski definition) is 6. The summed E-state index contributed by atoms with van der Waals surface area (Å²) in [5.41, 5.74) is -0.786. The van der Waals surface area contributed by atoms with Crippen molar-refractivity contribution in [3.63, 3.8) is 0 Å². The Morgan fingerprint density at radius 3 is 2.13 bits per heavy atom. The Balaban J connectivity index is 1.14. The smallest absolute Gasteiger partial charge is 0.315 e. The molecular weight excluding hydrogens is 684 g/mol. The summed E-state index contributed by atoms with van der Waals surface area (Å²) in [6.45, 7) is 13.9. The largest absolute Gasteiger partial charge is 0.348 e. The SMILES string of the molecule is C=CCCC(NC(=O)[C@@H]1[C@@H]2C(CN1C(=O)[C@@H](NC(=O)NC13CC4CC(CC(C4)C1)C3)C1CCCCC1)C2(C)C)C(=O)C(=O)NC/C=C/C(=O)NC(C)(C)C. The van der Waals surface area contributed by atoms with Crippen LogP contribution in [0.15, 0.2) is 24.8 Å². The average molecular weight is 749 g/mol. The summed E-state index contributed by atoms with van der Waals surface area (Å²) in [7, 11) is 0. The molecule has 7 aliphatic rings. The van der Waals surface area contributed by atoms with Gasteiger partial charge in [0.25, 0.3) is 5.91 Å². The van der Waals surface area contributed by atoms with Crippen LogP contribution in [0.25, 0.3) is 0 Å². The van der Waals surface area contributed by atoms with Gasteiger partial charge in [0.15, 0.2) is 0 Å². The van der Waals surface area contributed by atoms with Gasteiger partial charge in [-0.1, -0.05) is 45.3 Å². The fraction of sp³-hybridized carbons (Fsp3) is 0.762. The zero-order valence-electron chi connectivity index (χ0n) is 33.1. The molecule has 5 N–H and O–H groups in total. The molecule has 2 unspecified atom stereocenters. The summed E-state index contributed by atoms with van der Waals surface area (Å²) in [5, 5.41) is 14.8. The third-order valence-corrected chi connectivity index (χ3v) is 13.5. The third kappa shape index (κ3) is 8.88. The minimum atomic E-state index is -1.13. The number of rotatable bonds is 14. The predicted octanol–water partition coefficient (Wildman–Crippen LogP) is 4.29. The van der Waals surface area contributed by atoms with E-state index >= 15 is 0 Å². The molecule has 1 saturated heterocycles. The second-order valence-corrected chi connectivity index (χ2v) is 19.2. The van der Waals surface area contributed by atoms with Gasteiger partial charge in [0, 0.05) is 30.2 Å². The first kappa shape index (κ1) is 40.0. The number of nitrogens with one attached hydrogen (secondary N) is 5. The Hall–Kier alpha value is -3.70. The van der Waals surface area contributed by atoms with Crippen LogP contribution in [0, 0.1) is 40.9 Å². The molecule has 0 spiro atoms. The molecule has 7 fully saturated rings. The maximum atomic E-state index is 14.7. The Morgan fingerprint density at radius 1 is 0.907 bits per heavy atom. The fourth-order valence-corrected chi connectivity index (χ4v) is 11.3. The number of fused-ring (bicyclic) bond motifs is 1. The zero-order valence-corrected chi connectivity index (χ0v) is 33.1. The van der Waals surface area contributed by atoms with Crippen LogP contribution in [0.3, 0.4) is 0 Å². The molecule has 7 rings (SSSR count). The molecule has 6 saturated carbocycles. The van der Waals surface area contributed by atoms with Gasteiger partial charge in [-0.2, -0.15) is 0 Å². The number of carbonyl (C=O) groups excluding carboxylic acids is 6. The number of carbonyl (C=O) groups is 6. The quantitative estimate of drug-likeness (QED) is 0.101. The number of piperidine rings is 1. The maximum Gasteiger partial charge on any atom is 0.315 e. The van der Waals surface area contributed by atoms with Crippen LogP contribution < -0.4 is 26.6 Å². The lowest BCUT2D eigenvalue weighted by atomic mass is 9.53. The van der Waals surface area contributed by atoms with Crippen molar-refractivity contribution in [1.29, 1.82) is 0 Å². The first-order valence-electron chi connectivity index (χ1n) is 20.6. The number of Topliss-reactive ketones (excluding diaryl/α,β-unsaturated/α-hetero) is 1. The maximum absolute atomic E-state index is 14.7. The van der Waals surface area contributed by atoms with E-state index in [1.165, 1.54) is 31.4 Å². The fourth-order valence-electron chi connectivity index (χ4n) is 11.3. The average Bonchev–Trinajstić information content (AvgIpc) is 3.39. The highest BCUT2D eigenvalue weighted by Gasteiger charge is 2.70. The van der Waals surface area contributed by atoms with Crippen molar-refractivity contribution in [2.45, 2.75) is 147 Å². The number of hydrogen-bond donors (Lipinski definition) is 5. The monoisotopic (exact) mass is 748 g/mol. The number of amides is 6. The van der Waals surface area contributed by atoms with Crippen molar-refractivity contribution in [3.05, 3.63) is 24.8 Å². The molecule has 1 heterocycles. The van der Waals surface area contributed by atoms with Crippen LogP contribution in [0.5, 0.6) is 0 Å². The van der Waals surface area contributed by atoms with Gasteiger partial charge in [0.05, 0.1) is 6.04 Å². The molecule has 54 heavy (non-hydrogen) atoms. The van der Waals surface area contributed by atoms with E-state index in [-0.39, 0.29) is 59.5 Å². The van der Waals surface area contributed by atoms with Gasteiger partial charge in [-0.05, 0) is 126 Å². The highest BCUT2D eigenvalue weighted by Crippen LogP contribution is 2.65. The van der Waals surface area contributed by atoms with E-state index in [1.54, 1.807) is 11.0 Å². The number of nitrogens with zero attached hydrogens (tertiary/aromatic N) is 1. The standard InChI is InChI=1S/C42H64N6O6/c1-7-8-15-30(35(50)37(52)43-17-12-16-31(49)46-40(2,3)4)44-36(51)34-32-29(41(32,5)6)24-48(34)38(53)33(28-13-10-9-11-14-28)45-39(54)47-42-21-25-18-26(22-42)20-27(19-25)23-42/h7,12,16,25-30,32-34H,1,8-11,13-15,17-24H2,2-6H3,(H,43,52)(H,44,51)(H,46,49)(H2,45,47,54)/b16-12+/t25?,26?,27?,29?,30?,32-,33-,34-,42?/m0/s1. The number of allylic oxidation sites excluding steroid dienone is 1. The van der Waals surface area contributed by atoms with Gasteiger partial charge in [-0.15, -0.1) is 6.58 Å². The van der Waals surface area contributed by atoms with E-state index < -0.39 is 41.3 Å². The highest BCUT2D eigenvalue weighted by molar-refractivity contribution is 6.38. The number of likely N-dealkylation sites (tertiary alicyclic amines) is 1. The number of ketones is 1. The van der Waals surface area contributed by atoms with Crippen LogP contribution in [0.4, 0.5) is 4.79 Å². The molecule has 0 aromatic rings. The molecule has 6 amide bonds. The Kier molecular flexibility index (Phi) is 11.7. The lowest BCUT2D eigenvalue weighted by Crippen LogP contribution is -2.64. The van der Waals surface area contributed by atoms with Gasteiger partial charge in [0.1, 0.15) is 12.1 Å². The minimum Gasteiger partial charge on any atom is -0.348 e. The van der Waals surface area contributed by atoms with Crippen molar-refractivity contribution in [2.75, 3.05) is 13.1 Å². The molecular formula is C42H64N6O6. The van der Waals surface area contributed by atoms with Gasteiger partial charge in [-0.3, -0.25) is 24.0 Å². The first-order valence-corrected chi connectivity index (χ1v) is 20.6. The van der Waals surface area contributed by atoms with E-state index in [2.05, 4.69) is 47.0 Å². The number of urea groups is 1. The second-order valence-electron chi connectivity index (χ2n) is 19.2. The summed E-state index contributed by atoms with van der Waals surface area (Å²) >= 11 is 0. The van der Waals surface area contributed by atoms with Gasteiger partial charge >= 0.3 is 6.03 Å². The lowest BCUT2D eigenvalue weighted by molar-refractivity contribution is -0.144. The molecule has 298 valence electrons. The third-order valence-electron chi connectivity index (χ3n) is 13.5. The molecule has 12 nitrogen and oxygen atoms in total. The van der Waals surface area contributed by atoms with Crippen LogP contribution in [0.2, 0.25) is 0 Å². The first-order chi connectivity index (χ1) is 25.5. The summed E-state index contributed by atoms with van der Waals surface area (Å²) in [5.74, 6) is -0.712. The lowest BCUT2D eigenvalue weighted by Gasteiger charge is -2.56. The molecule has 6 aliphatic carbocycles. The van der Waals surface area contributed by atoms with Crippen molar-refractivity contribution in [3.8, 4) is 0 Å². The van der Waals surface area contributed by atoms with E-state index in [0.717, 1.165) is 51.4 Å². The van der Waals surface area contributed by atoms with E-state index in [1.807, 2.05) is 20.8 Å².